The molecule has 0 radical (unpaired) electrons. The van der Waals surface area contributed by atoms with Gasteiger partial charge >= 0.3 is 0 Å². The van der Waals surface area contributed by atoms with Gasteiger partial charge in [0.15, 0.2) is 6.79 Å². The summed E-state index contributed by atoms with van der Waals surface area (Å²) in [4.78, 5) is 0. The number of hydrogen-bond acceptors (Lipinski definition) is 0. The van der Waals surface area contributed by atoms with Crippen LogP contribution < -0.4 is 0 Å². The molecule has 0 heterocycles. The van der Waals surface area contributed by atoms with E-state index in [0.29, 0.717) is 5.66 Å². The van der Waals surface area contributed by atoms with Crippen LogP contribution in [0.5, 0.6) is 0 Å². The standard InChI is InChI=1S/C7H9OP/c1-8-6-4-2-3-5-7(6)9/h2-5,7H,1,9H2. The fraction of sp³-hybridized carbons (Fsp3) is 0.143. The van der Waals surface area contributed by atoms with Crippen molar-refractivity contribution in [3.8, 4) is 0 Å². The van der Waals surface area contributed by atoms with E-state index in [2.05, 4.69) is 16.0 Å². The smallest absolute Gasteiger partial charge is 0.227 e. The fourth-order valence-corrected chi connectivity index (χ4v) is 1.02. The molecular formula is C7H9OP. The van der Waals surface area contributed by atoms with Crippen molar-refractivity contribution < 1.29 is 4.42 Å². The lowest BCUT2D eigenvalue weighted by atomic mass is 10.1. The average Bonchev–Trinajstić information content (AvgIpc) is 1.89. The normalized spacial score (nSPS) is 24.6. The Labute approximate surface area is 57.4 Å². The molecular weight excluding hydrogens is 131 g/mol. The molecule has 2 atom stereocenters. The first-order valence-electron chi connectivity index (χ1n) is 2.74. The molecule has 1 aliphatic carbocycles. The maximum Gasteiger partial charge on any atom is 0.227 e. The van der Waals surface area contributed by atoms with Crippen LogP contribution in [0.3, 0.4) is 0 Å². The van der Waals surface area contributed by atoms with Crippen molar-refractivity contribution in [3.63, 3.8) is 0 Å². The Balaban J connectivity index is 2.65. The van der Waals surface area contributed by atoms with E-state index < -0.39 is 0 Å². The van der Waals surface area contributed by atoms with Gasteiger partial charge in [-0.2, -0.15) is 0 Å². The van der Waals surface area contributed by atoms with Gasteiger partial charge in [-0.3, -0.25) is 0 Å². The Morgan fingerprint density at radius 2 is 2.33 bits per heavy atom. The molecule has 0 aromatic heterocycles. The molecule has 0 N–H and O–H groups in total. The molecule has 0 aromatic rings. The lowest BCUT2D eigenvalue weighted by Crippen LogP contribution is -2.08. The minimum atomic E-state index is 0.299. The van der Waals surface area contributed by atoms with Crippen LogP contribution in [0.4, 0.5) is 0 Å². The van der Waals surface area contributed by atoms with Crippen molar-refractivity contribution in [2.45, 2.75) is 5.66 Å². The number of rotatable bonds is 1. The van der Waals surface area contributed by atoms with Gasteiger partial charge in [0.1, 0.15) is 0 Å². The molecule has 0 saturated heterocycles. The van der Waals surface area contributed by atoms with Crippen LogP contribution in [0.2, 0.25) is 0 Å². The summed E-state index contributed by atoms with van der Waals surface area (Å²) in [5.74, 6) is 0. The molecule has 1 nitrogen and oxygen atoms in total. The molecule has 0 fully saturated rings. The van der Waals surface area contributed by atoms with Gasteiger partial charge < -0.3 is 4.42 Å². The van der Waals surface area contributed by atoms with Gasteiger partial charge in [-0.1, -0.05) is 12.2 Å². The van der Waals surface area contributed by atoms with E-state index in [4.69, 9.17) is 4.42 Å². The summed E-state index contributed by atoms with van der Waals surface area (Å²) in [5, 5.41) is 0. The first-order valence-corrected chi connectivity index (χ1v) is 3.40. The molecule has 2 heteroatoms. The van der Waals surface area contributed by atoms with Gasteiger partial charge in [0, 0.05) is 0 Å². The third kappa shape index (κ3) is 1.43. The predicted molar refractivity (Wildman–Crippen MR) is 42.1 cm³/mol. The maximum atomic E-state index is 4.81. The zero-order chi connectivity index (χ0) is 6.69. The summed E-state index contributed by atoms with van der Waals surface area (Å²) in [6, 6.07) is 0. The first-order chi connectivity index (χ1) is 4.34. The van der Waals surface area contributed by atoms with Gasteiger partial charge in [-0.25, -0.2) is 0 Å². The van der Waals surface area contributed by atoms with Crippen molar-refractivity contribution in [2.75, 3.05) is 0 Å². The van der Waals surface area contributed by atoms with Crippen molar-refractivity contribution in [3.05, 3.63) is 30.4 Å². The third-order valence-electron chi connectivity index (χ3n) is 1.19. The van der Waals surface area contributed by atoms with E-state index >= 15 is 0 Å². The van der Waals surface area contributed by atoms with Gasteiger partial charge in [0.05, 0.1) is 5.66 Å². The minimum Gasteiger partial charge on any atom is -0.342 e. The van der Waals surface area contributed by atoms with Crippen molar-refractivity contribution >= 4 is 16.0 Å². The first kappa shape index (κ1) is 6.57. The van der Waals surface area contributed by atoms with E-state index in [-0.39, 0.29) is 0 Å². The highest BCUT2D eigenvalue weighted by atomic mass is 31.0. The van der Waals surface area contributed by atoms with Crippen LogP contribution >= 0.6 is 9.24 Å². The van der Waals surface area contributed by atoms with Crippen molar-refractivity contribution in [2.24, 2.45) is 0 Å². The highest BCUT2D eigenvalue weighted by Gasteiger charge is 2.14. The molecule has 2 unspecified atom stereocenters. The molecule has 48 valence electrons. The average molecular weight is 140 g/mol. The van der Waals surface area contributed by atoms with Gasteiger partial charge in [-0.15, -0.1) is 21.4 Å². The maximum absolute atomic E-state index is 4.81. The summed E-state index contributed by atoms with van der Waals surface area (Å²) < 4.78 is 4.81. The van der Waals surface area contributed by atoms with Crippen LogP contribution in [-0.2, 0) is 4.42 Å². The van der Waals surface area contributed by atoms with E-state index in [1.807, 2.05) is 24.3 Å². The van der Waals surface area contributed by atoms with Crippen LogP contribution in [0.25, 0.3) is 0 Å². The molecule has 1 rings (SSSR count). The highest BCUT2D eigenvalue weighted by molar-refractivity contribution is 7.18. The second-order valence-electron chi connectivity index (χ2n) is 1.82. The Morgan fingerprint density at radius 1 is 1.56 bits per heavy atom. The second-order valence-corrected chi connectivity index (χ2v) is 2.53. The molecule has 0 aromatic carbocycles. The Hall–Kier alpha value is -0.550. The molecule has 0 bridgehead atoms. The lowest BCUT2D eigenvalue weighted by molar-refractivity contribution is -0.421. The largest absolute Gasteiger partial charge is 0.342 e. The Morgan fingerprint density at radius 3 is 2.78 bits per heavy atom. The molecule has 0 amide bonds. The van der Waals surface area contributed by atoms with Crippen LogP contribution in [-0.4, -0.2) is 12.4 Å². The number of carbonyl (C=O) groups excluding carboxylic acids is 1. The van der Waals surface area contributed by atoms with Crippen LogP contribution in [0.15, 0.2) is 24.3 Å². The Kier molecular flexibility index (Phi) is 2.07. The summed E-state index contributed by atoms with van der Waals surface area (Å²) >= 11 is 0. The van der Waals surface area contributed by atoms with E-state index in [1.54, 1.807) is 0 Å². The topological polar surface area (TPSA) is 11.3 Å². The van der Waals surface area contributed by atoms with E-state index in [1.165, 1.54) is 0 Å². The van der Waals surface area contributed by atoms with Crippen molar-refractivity contribution in [1.29, 1.82) is 0 Å². The van der Waals surface area contributed by atoms with Crippen molar-refractivity contribution in [1.82, 2.24) is 0 Å². The molecule has 0 aliphatic heterocycles. The zero-order valence-electron chi connectivity index (χ0n) is 5.08. The molecule has 0 saturated carbocycles. The zero-order valence-corrected chi connectivity index (χ0v) is 6.23. The Bertz CT molecular complexity index is 160. The third-order valence-corrected chi connectivity index (χ3v) is 1.74. The number of hydrogen-bond donors (Lipinski definition) is 0. The van der Waals surface area contributed by atoms with E-state index in [9.17, 15) is 0 Å². The fourth-order valence-electron chi connectivity index (χ4n) is 0.685. The summed E-state index contributed by atoms with van der Waals surface area (Å²) in [7, 11) is 2.65. The minimum absolute atomic E-state index is 0.299. The predicted octanol–water partition coefficient (Wildman–Crippen LogP) is 1.25. The monoisotopic (exact) mass is 140 g/mol. The van der Waals surface area contributed by atoms with E-state index in [0.717, 1.165) is 6.10 Å². The summed E-state index contributed by atoms with van der Waals surface area (Å²) in [6.45, 7) is 3.32. The molecule has 9 heavy (non-hydrogen) atoms. The highest BCUT2D eigenvalue weighted by Crippen LogP contribution is 2.20. The van der Waals surface area contributed by atoms with Gasteiger partial charge in [0.25, 0.3) is 0 Å². The lowest BCUT2D eigenvalue weighted by Gasteiger charge is -2.10. The quantitative estimate of drug-likeness (QED) is 0.295. The molecule has 0 spiro atoms. The summed E-state index contributed by atoms with van der Waals surface area (Å²) in [5.41, 5.74) is 0.299. The second kappa shape index (κ2) is 2.84. The molecule has 1 aliphatic rings. The summed E-state index contributed by atoms with van der Waals surface area (Å²) in [6.07, 6.45) is 8.75. The van der Waals surface area contributed by atoms with Gasteiger partial charge in [-0.05, 0) is 0 Å². The number of allylic oxidation sites excluding steroid dienone is 2. The van der Waals surface area contributed by atoms with Crippen LogP contribution in [0, 0.1) is 6.10 Å². The van der Waals surface area contributed by atoms with Crippen LogP contribution in [0.1, 0.15) is 0 Å². The SMILES string of the molecule is C=[O+][C-]1C=CC=CC1P. The van der Waals surface area contributed by atoms with Gasteiger partial charge in [0.2, 0.25) is 6.10 Å².